The molecule has 0 radical (unpaired) electrons. The van der Waals surface area contributed by atoms with E-state index in [0.29, 0.717) is 25.3 Å². The first-order chi connectivity index (χ1) is 11.1. The van der Waals surface area contributed by atoms with Crippen molar-refractivity contribution in [1.82, 2.24) is 4.90 Å². The van der Waals surface area contributed by atoms with Gasteiger partial charge in [-0.15, -0.1) is 0 Å². The number of benzene rings is 1. The van der Waals surface area contributed by atoms with Crippen LogP contribution in [0.3, 0.4) is 0 Å². The number of nitrogens with zero attached hydrogens (tertiary/aromatic N) is 1. The molecule has 1 saturated heterocycles. The normalized spacial score (nSPS) is 27.9. The van der Waals surface area contributed by atoms with Gasteiger partial charge >= 0.3 is 5.97 Å². The zero-order chi connectivity index (χ0) is 16.4. The summed E-state index contributed by atoms with van der Waals surface area (Å²) in [5.41, 5.74) is 0.626. The summed E-state index contributed by atoms with van der Waals surface area (Å²) >= 11 is 0. The summed E-state index contributed by atoms with van der Waals surface area (Å²) in [6.07, 6.45) is 2.26. The summed E-state index contributed by atoms with van der Waals surface area (Å²) in [6, 6.07) is 5.85. The highest BCUT2D eigenvalue weighted by Crippen LogP contribution is 2.32. The molecule has 1 amide bonds. The zero-order valence-electron chi connectivity index (χ0n) is 12.9. The van der Waals surface area contributed by atoms with Crippen LogP contribution in [0.15, 0.2) is 24.3 Å². The maximum absolute atomic E-state index is 12.8. The number of hydrogen-bond acceptors (Lipinski definition) is 4. The Hall–Kier alpha value is -1.92. The summed E-state index contributed by atoms with van der Waals surface area (Å²) in [5.74, 6) is -1.09. The van der Waals surface area contributed by atoms with E-state index in [1.54, 1.807) is 17.0 Å². The first-order valence-corrected chi connectivity index (χ1v) is 7.98. The molecule has 6 nitrogen and oxygen atoms in total. The van der Waals surface area contributed by atoms with Crippen molar-refractivity contribution in [1.29, 1.82) is 0 Å². The molecule has 1 heterocycles. The topological polar surface area (TPSA) is 87.1 Å². The van der Waals surface area contributed by atoms with Crippen LogP contribution >= 0.6 is 0 Å². The number of hydrogen-bond donors (Lipinski definition) is 2. The fraction of sp³-hybridized carbons (Fsp3) is 0.529. The average Bonchev–Trinajstić information content (AvgIpc) is 3.00. The molecule has 6 heteroatoms. The number of carboxylic acids is 1. The van der Waals surface area contributed by atoms with E-state index in [4.69, 9.17) is 9.84 Å². The van der Waals surface area contributed by atoms with E-state index in [-0.39, 0.29) is 29.5 Å². The van der Waals surface area contributed by atoms with Crippen molar-refractivity contribution < 1.29 is 24.5 Å². The second-order valence-electron chi connectivity index (χ2n) is 6.19. The summed E-state index contributed by atoms with van der Waals surface area (Å²) in [7, 11) is 0. The van der Waals surface area contributed by atoms with E-state index >= 15 is 0 Å². The van der Waals surface area contributed by atoms with Gasteiger partial charge in [0.1, 0.15) is 0 Å². The average molecular weight is 319 g/mol. The summed E-state index contributed by atoms with van der Waals surface area (Å²) in [5, 5.41) is 19.1. The van der Waals surface area contributed by atoms with E-state index in [0.717, 1.165) is 19.3 Å². The van der Waals surface area contributed by atoms with Crippen molar-refractivity contribution >= 4 is 11.9 Å². The Balaban J connectivity index is 1.79. The number of aromatic carboxylic acids is 1. The van der Waals surface area contributed by atoms with E-state index in [2.05, 4.69) is 0 Å². The molecule has 2 N–H and O–H groups in total. The largest absolute Gasteiger partial charge is 0.478 e. The van der Waals surface area contributed by atoms with E-state index in [1.165, 1.54) is 12.1 Å². The molecule has 1 aromatic carbocycles. The Labute approximate surface area is 134 Å². The maximum atomic E-state index is 12.8. The number of carbonyl (C=O) groups excluding carboxylic acids is 1. The van der Waals surface area contributed by atoms with Crippen molar-refractivity contribution in [2.45, 2.75) is 31.4 Å². The third-order valence-electron chi connectivity index (χ3n) is 4.83. The number of ether oxygens (including phenoxy) is 1. The van der Waals surface area contributed by atoms with Crippen LogP contribution in [0.4, 0.5) is 0 Å². The number of rotatable bonds is 3. The predicted molar refractivity (Wildman–Crippen MR) is 82.4 cm³/mol. The molecule has 0 aromatic heterocycles. The van der Waals surface area contributed by atoms with Crippen LogP contribution in [-0.2, 0) is 4.74 Å². The van der Waals surface area contributed by atoms with Gasteiger partial charge in [-0.25, -0.2) is 4.79 Å². The summed E-state index contributed by atoms with van der Waals surface area (Å²) in [4.78, 5) is 25.5. The molecule has 1 saturated carbocycles. The Morgan fingerprint density at radius 1 is 1.13 bits per heavy atom. The van der Waals surface area contributed by atoms with Crippen LogP contribution in [0.5, 0.6) is 0 Å². The third-order valence-corrected chi connectivity index (χ3v) is 4.83. The molecular weight excluding hydrogens is 298 g/mol. The highest BCUT2D eigenvalue weighted by Gasteiger charge is 2.39. The number of aliphatic hydroxyl groups excluding tert-OH is 1. The quantitative estimate of drug-likeness (QED) is 0.879. The molecule has 3 rings (SSSR count). The zero-order valence-corrected chi connectivity index (χ0v) is 12.9. The van der Waals surface area contributed by atoms with Gasteiger partial charge in [0.2, 0.25) is 0 Å². The van der Waals surface area contributed by atoms with Crippen LogP contribution in [-0.4, -0.2) is 58.9 Å². The second-order valence-corrected chi connectivity index (χ2v) is 6.19. The van der Waals surface area contributed by atoms with Crippen molar-refractivity contribution in [2.24, 2.45) is 5.92 Å². The lowest BCUT2D eigenvalue weighted by atomic mass is 9.93. The van der Waals surface area contributed by atoms with Gasteiger partial charge in [-0.3, -0.25) is 4.79 Å². The SMILES string of the molecule is O=C(O)c1ccc(C(=O)N2CCOCC2C2CCCC2O)cc1. The molecule has 1 aromatic rings. The molecule has 3 unspecified atom stereocenters. The minimum Gasteiger partial charge on any atom is -0.478 e. The van der Waals surface area contributed by atoms with Gasteiger partial charge in [0.05, 0.1) is 30.9 Å². The third kappa shape index (κ3) is 3.23. The standard InChI is InChI=1S/C17H21NO5/c19-15-3-1-2-13(15)14-10-23-9-8-18(14)16(20)11-4-6-12(7-5-11)17(21)22/h4-7,13-15,19H,1-3,8-10H2,(H,21,22). The fourth-order valence-electron chi connectivity index (χ4n) is 3.57. The lowest BCUT2D eigenvalue weighted by Crippen LogP contribution is -2.53. The molecule has 2 fully saturated rings. The Kier molecular flexibility index (Phi) is 4.63. The van der Waals surface area contributed by atoms with Gasteiger partial charge in [0, 0.05) is 18.0 Å². The lowest BCUT2D eigenvalue weighted by Gasteiger charge is -2.40. The Morgan fingerprint density at radius 3 is 2.43 bits per heavy atom. The van der Waals surface area contributed by atoms with Gasteiger partial charge in [-0.05, 0) is 37.1 Å². The van der Waals surface area contributed by atoms with E-state index in [1.807, 2.05) is 0 Å². The van der Waals surface area contributed by atoms with E-state index < -0.39 is 5.97 Å². The molecule has 23 heavy (non-hydrogen) atoms. The molecule has 3 atom stereocenters. The first kappa shape index (κ1) is 16.0. The van der Waals surface area contributed by atoms with E-state index in [9.17, 15) is 14.7 Å². The highest BCUT2D eigenvalue weighted by molar-refractivity contribution is 5.96. The number of carboxylic acid groups (broad SMARTS) is 1. The fourth-order valence-corrected chi connectivity index (χ4v) is 3.57. The molecular formula is C17H21NO5. The molecule has 2 aliphatic rings. The van der Waals surface area contributed by atoms with Gasteiger partial charge in [-0.2, -0.15) is 0 Å². The highest BCUT2D eigenvalue weighted by atomic mass is 16.5. The second kappa shape index (κ2) is 6.68. The van der Waals surface area contributed by atoms with Crippen LogP contribution < -0.4 is 0 Å². The smallest absolute Gasteiger partial charge is 0.335 e. The van der Waals surface area contributed by atoms with Gasteiger partial charge < -0.3 is 19.8 Å². The number of aliphatic hydroxyl groups is 1. The molecule has 1 aliphatic heterocycles. The monoisotopic (exact) mass is 319 g/mol. The van der Waals surface area contributed by atoms with Crippen LogP contribution in [0.25, 0.3) is 0 Å². The Bertz CT molecular complexity index is 585. The van der Waals surface area contributed by atoms with Crippen molar-refractivity contribution in [2.75, 3.05) is 19.8 Å². The summed E-state index contributed by atoms with van der Waals surface area (Å²) < 4.78 is 5.53. The minimum atomic E-state index is -1.01. The van der Waals surface area contributed by atoms with Gasteiger partial charge in [0.25, 0.3) is 5.91 Å². The molecule has 124 valence electrons. The maximum Gasteiger partial charge on any atom is 0.335 e. The first-order valence-electron chi connectivity index (χ1n) is 7.98. The number of carbonyl (C=O) groups is 2. The van der Waals surface area contributed by atoms with Crippen LogP contribution in [0.1, 0.15) is 40.0 Å². The Morgan fingerprint density at radius 2 is 1.83 bits per heavy atom. The molecule has 0 spiro atoms. The summed E-state index contributed by atoms with van der Waals surface area (Å²) in [6.45, 7) is 1.42. The lowest BCUT2D eigenvalue weighted by molar-refractivity contribution is -0.0383. The molecule has 0 bridgehead atoms. The predicted octanol–water partition coefficient (Wildman–Crippen LogP) is 1.39. The van der Waals surface area contributed by atoms with Crippen LogP contribution in [0, 0.1) is 5.92 Å². The van der Waals surface area contributed by atoms with Crippen molar-refractivity contribution in [3.63, 3.8) is 0 Å². The van der Waals surface area contributed by atoms with Gasteiger partial charge in [-0.1, -0.05) is 6.42 Å². The van der Waals surface area contributed by atoms with Gasteiger partial charge in [0.15, 0.2) is 0 Å². The minimum absolute atomic E-state index is 0.0533. The van der Waals surface area contributed by atoms with Crippen molar-refractivity contribution in [3.8, 4) is 0 Å². The van der Waals surface area contributed by atoms with Crippen molar-refractivity contribution in [3.05, 3.63) is 35.4 Å². The number of amides is 1. The number of morpholine rings is 1. The molecule has 1 aliphatic carbocycles. The van der Waals surface area contributed by atoms with Crippen LogP contribution in [0.2, 0.25) is 0 Å².